The molecular formula is C36H41NO7. The molecule has 232 valence electrons. The summed E-state index contributed by atoms with van der Waals surface area (Å²) in [6, 6.07) is 14.5. The second-order valence-electron chi connectivity index (χ2n) is 11.2. The molecule has 0 N–H and O–H groups in total. The molecular weight excluding hydrogens is 558 g/mol. The van der Waals surface area contributed by atoms with Gasteiger partial charge in [-0.3, -0.25) is 9.59 Å². The first-order valence-electron chi connectivity index (χ1n) is 15.3. The first-order valence-corrected chi connectivity index (χ1v) is 15.3. The quantitative estimate of drug-likeness (QED) is 0.150. The predicted molar refractivity (Wildman–Crippen MR) is 171 cm³/mol. The monoisotopic (exact) mass is 599 g/mol. The number of hydrogen-bond acceptors (Lipinski definition) is 7. The summed E-state index contributed by atoms with van der Waals surface area (Å²) in [5, 5.41) is 0.474. The number of benzene rings is 3. The van der Waals surface area contributed by atoms with Crippen LogP contribution in [0, 0.1) is 13.8 Å². The third-order valence-electron chi connectivity index (χ3n) is 8.08. The Morgan fingerprint density at radius 2 is 1.61 bits per heavy atom. The predicted octanol–water partition coefficient (Wildman–Crippen LogP) is 7.18. The van der Waals surface area contributed by atoms with Crippen molar-refractivity contribution in [3.63, 3.8) is 0 Å². The maximum Gasteiger partial charge on any atom is 0.290 e. The molecule has 3 aromatic carbocycles. The second kappa shape index (κ2) is 13.5. The lowest BCUT2D eigenvalue weighted by atomic mass is 9.96. The van der Waals surface area contributed by atoms with E-state index < -0.39 is 6.04 Å². The van der Waals surface area contributed by atoms with Gasteiger partial charge in [-0.1, -0.05) is 38.0 Å². The highest BCUT2D eigenvalue weighted by Crippen LogP contribution is 2.42. The summed E-state index contributed by atoms with van der Waals surface area (Å²) >= 11 is 0. The van der Waals surface area contributed by atoms with E-state index in [1.807, 2.05) is 69.3 Å². The summed E-state index contributed by atoms with van der Waals surface area (Å²) in [6.45, 7) is 9.29. The highest BCUT2D eigenvalue weighted by molar-refractivity contribution is 5.99. The molecule has 0 saturated heterocycles. The molecule has 0 bridgehead atoms. The number of hydrogen-bond donors (Lipinski definition) is 0. The van der Waals surface area contributed by atoms with Gasteiger partial charge in [0.15, 0.2) is 28.4 Å². The van der Waals surface area contributed by atoms with Crippen LogP contribution in [0.3, 0.4) is 0 Å². The van der Waals surface area contributed by atoms with Crippen molar-refractivity contribution in [3.05, 3.63) is 92.3 Å². The number of carbonyl (C=O) groups excluding carboxylic acids is 1. The average molecular weight is 600 g/mol. The van der Waals surface area contributed by atoms with Gasteiger partial charge in [-0.15, -0.1) is 0 Å². The Kier molecular flexibility index (Phi) is 9.47. The fraction of sp³-hybridized carbons (Fsp3) is 0.389. The van der Waals surface area contributed by atoms with E-state index in [9.17, 15) is 9.59 Å². The standard InChI is InChI=1S/C36H41NO7/c1-7-9-10-17-43-28-14-12-25(21-30(28)42-8-2)32-31-33(38)26-19-22(3)18-23(4)34(26)44-35(31)36(39)37(32)16-15-24-11-13-27(40-5)29(20-24)41-6/h11-14,18-21,32H,7-10,15-17H2,1-6H3. The number of carbonyl (C=O) groups is 1. The van der Waals surface area contributed by atoms with Crippen LogP contribution in [0.1, 0.15) is 77.5 Å². The second-order valence-corrected chi connectivity index (χ2v) is 11.2. The molecule has 1 unspecified atom stereocenters. The minimum Gasteiger partial charge on any atom is -0.493 e. The SMILES string of the molecule is CCCCCOc1ccc(C2c3c(oc4c(C)cc(C)cc4c3=O)C(=O)N2CCc2ccc(OC)c(OC)c2)cc1OCC. The maximum atomic E-state index is 14.2. The lowest BCUT2D eigenvalue weighted by molar-refractivity contribution is 0.0729. The molecule has 8 nitrogen and oxygen atoms in total. The van der Waals surface area contributed by atoms with Crippen molar-refractivity contribution in [2.45, 2.75) is 59.4 Å². The zero-order valence-corrected chi connectivity index (χ0v) is 26.5. The van der Waals surface area contributed by atoms with Crippen molar-refractivity contribution in [2.24, 2.45) is 0 Å². The first kappa shape index (κ1) is 31.0. The normalized spacial score (nSPS) is 14.2. The topological polar surface area (TPSA) is 87.4 Å². The Balaban J connectivity index is 1.59. The Hall–Kier alpha value is -4.46. The van der Waals surface area contributed by atoms with Gasteiger partial charge in [0.25, 0.3) is 5.91 Å². The molecule has 0 spiro atoms. The lowest BCUT2D eigenvalue weighted by Crippen LogP contribution is -2.31. The lowest BCUT2D eigenvalue weighted by Gasteiger charge is -2.26. The summed E-state index contributed by atoms with van der Waals surface area (Å²) in [6.07, 6.45) is 3.66. The van der Waals surface area contributed by atoms with Gasteiger partial charge in [-0.2, -0.15) is 0 Å². The summed E-state index contributed by atoms with van der Waals surface area (Å²) in [4.78, 5) is 30.0. The van der Waals surface area contributed by atoms with Gasteiger partial charge < -0.3 is 28.3 Å². The van der Waals surface area contributed by atoms with Crippen LogP contribution in [-0.4, -0.2) is 44.8 Å². The Bertz CT molecular complexity index is 1720. The largest absolute Gasteiger partial charge is 0.493 e. The van der Waals surface area contributed by atoms with Crippen molar-refractivity contribution in [3.8, 4) is 23.0 Å². The van der Waals surface area contributed by atoms with Gasteiger partial charge in [-0.05, 0) is 86.2 Å². The van der Waals surface area contributed by atoms with E-state index in [0.29, 0.717) is 65.7 Å². The molecule has 4 aromatic rings. The number of amides is 1. The maximum absolute atomic E-state index is 14.2. The molecule has 2 heterocycles. The van der Waals surface area contributed by atoms with Crippen LogP contribution in [0.15, 0.2) is 57.7 Å². The van der Waals surface area contributed by atoms with E-state index >= 15 is 0 Å². The van der Waals surface area contributed by atoms with Crippen molar-refractivity contribution >= 4 is 16.9 Å². The number of methoxy groups -OCH3 is 2. The minimum atomic E-state index is -0.660. The number of nitrogens with zero attached hydrogens (tertiary/aromatic N) is 1. The molecule has 0 aliphatic carbocycles. The van der Waals surface area contributed by atoms with Gasteiger partial charge in [0.1, 0.15) is 5.58 Å². The molecule has 8 heteroatoms. The van der Waals surface area contributed by atoms with Crippen LogP contribution < -0.4 is 24.4 Å². The summed E-state index contributed by atoms with van der Waals surface area (Å²) in [7, 11) is 3.19. The number of unbranched alkanes of at least 4 members (excludes halogenated alkanes) is 2. The number of fused-ring (bicyclic) bond motifs is 2. The number of aryl methyl sites for hydroxylation is 2. The van der Waals surface area contributed by atoms with Crippen LogP contribution >= 0.6 is 0 Å². The summed E-state index contributed by atoms with van der Waals surface area (Å²) < 4.78 is 29.2. The van der Waals surface area contributed by atoms with Crippen LogP contribution in [-0.2, 0) is 6.42 Å². The fourth-order valence-electron chi connectivity index (χ4n) is 5.95. The van der Waals surface area contributed by atoms with E-state index in [0.717, 1.165) is 41.5 Å². The van der Waals surface area contributed by atoms with Gasteiger partial charge >= 0.3 is 0 Å². The van der Waals surface area contributed by atoms with Gasteiger partial charge in [0.2, 0.25) is 5.76 Å². The van der Waals surface area contributed by atoms with Gasteiger partial charge in [-0.25, -0.2) is 0 Å². The average Bonchev–Trinajstić information content (AvgIpc) is 3.30. The molecule has 0 saturated carbocycles. The van der Waals surface area contributed by atoms with Crippen molar-refractivity contribution < 1.29 is 28.2 Å². The Morgan fingerprint density at radius 3 is 2.34 bits per heavy atom. The summed E-state index contributed by atoms with van der Waals surface area (Å²) in [5.74, 6) is 2.24. The molecule has 1 amide bonds. The first-order chi connectivity index (χ1) is 21.3. The number of ether oxygens (including phenoxy) is 4. The highest BCUT2D eigenvalue weighted by atomic mass is 16.5. The van der Waals surface area contributed by atoms with E-state index in [2.05, 4.69) is 6.92 Å². The van der Waals surface area contributed by atoms with Crippen LogP contribution in [0.5, 0.6) is 23.0 Å². The molecule has 1 aliphatic heterocycles. The Labute approximate surface area is 258 Å². The van der Waals surface area contributed by atoms with Crippen LogP contribution in [0.2, 0.25) is 0 Å². The molecule has 1 aliphatic rings. The smallest absolute Gasteiger partial charge is 0.290 e. The van der Waals surface area contributed by atoms with Crippen molar-refractivity contribution in [2.75, 3.05) is 34.0 Å². The van der Waals surface area contributed by atoms with Crippen molar-refractivity contribution in [1.29, 1.82) is 0 Å². The van der Waals surface area contributed by atoms with Crippen LogP contribution in [0.4, 0.5) is 0 Å². The van der Waals surface area contributed by atoms with E-state index in [4.69, 9.17) is 23.4 Å². The Morgan fingerprint density at radius 1 is 0.841 bits per heavy atom. The van der Waals surface area contributed by atoms with Crippen LogP contribution in [0.25, 0.3) is 11.0 Å². The molecule has 0 radical (unpaired) electrons. The number of rotatable bonds is 13. The van der Waals surface area contributed by atoms with E-state index in [-0.39, 0.29) is 17.1 Å². The van der Waals surface area contributed by atoms with E-state index in [1.54, 1.807) is 19.1 Å². The zero-order valence-electron chi connectivity index (χ0n) is 26.5. The third-order valence-corrected chi connectivity index (χ3v) is 8.08. The molecule has 5 rings (SSSR count). The van der Waals surface area contributed by atoms with Crippen molar-refractivity contribution in [1.82, 2.24) is 4.90 Å². The third kappa shape index (κ3) is 5.98. The minimum absolute atomic E-state index is 0.0876. The molecule has 0 fully saturated rings. The fourth-order valence-corrected chi connectivity index (χ4v) is 5.95. The molecule has 1 atom stereocenters. The van der Waals surface area contributed by atoms with E-state index in [1.165, 1.54) is 0 Å². The van der Waals surface area contributed by atoms with Gasteiger partial charge in [0.05, 0.1) is 44.4 Å². The highest BCUT2D eigenvalue weighted by Gasteiger charge is 2.43. The zero-order chi connectivity index (χ0) is 31.4. The summed E-state index contributed by atoms with van der Waals surface area (Å²) in [5.41, 5.74) is 4.08. The molecule has 44 heavy (non-hydrogen) atoms. The molecule has 1 aromatic heterocycles. The van der Waals surface area contributed by atoms with Gasteiger partial charge in [0, 0.05) is 6.54 Å².